The van der Waals surface area contributed by atoms with Gasteiger partial charge in [-0.2, -0.15) is 0 Å². The molecule has 5 heteroatoms. The van der Waals surface area contributed by atoms with Gasteiger partial charge in [0.15, 0.2) is 0 Å². The van der Waals surface area contributed by atoms with Crippen LogP contribution in [-0.4, -0.2) is 35.3 Å². The van der Waals surface area contributed by atoms with Gasteiger partial charge in [0.2, 0.25) is 0 Å². The summed E-state index contributed by atoms with van der Waals surface area (Å²) < 4.78 is 13.8. The number of rotatable bonds is 6. The topological polar surface area (TPSA) is 52.5 Å². The van der Waals surface area contributed by atoms with Crippen LogP contribution in [0, 0.1) is 0 Å². The van der Waals surface area contributed by atoms with E-state index in [1.54, 1.807) is 6.08 Å². The molecule has 1 atom stereocenters. The van der Waals surface area contributed by atoms with Crippen LogP contribution in [0.3, 0.4) is 0 Å². The highest BCUT2D eigenvalue weighted by molar-refractivity contribution is 6.00. The normalized spacial score (nSPS) is 17.7. The van der Waals surface area contributed by atoms with Crippen molar-refractivity contribution < 1.29 is 14.3 Å². The standard InChI is InChI=1S/C22H30N2O3/c1-5-12-27-20-11-8-10-18-17(20)14-19(21(25)23-22(2,3)4)24(18)15-16-9-6-7-13-26-16/h5,8,10-11,14,16H,1,6-7,9,12-13,15H2,2-4H3,(H,23,25). The molecule has 1 unspecified atom stereocenters. The van der Waals surface area contributed by atoms with Crippen molar-refractivity contribution in [3.8, 4) is 5.75 Å². The van der Waals surface area contributed by atoms with E-state index in [-0.39, 0.29) is 17.6 Å². The smallest absolute Gasteiger partial charge is 0.268 e. The minimum Gasteiger partial charge on any atom is -0.489 e. The molecule has 1 aromatic heterocycles. The van der Waals surface area contributed by atoms with Crippen molar-refractivity contribution in [2.45, 2.75) is 58.2 Å². The van der Waals surface area contributed by atoms with Crippen molar-refractivity contribution in [3.05, 3.63) is 42.6 Å². The fraction of sp³-hybridized carbons (Fsp3) is 0.500. The molecular formula is C22H30N2O3. The summed E-state index contributed by atoms with van der Waals surface area (Å²) in [5.74, 6) is 0.685. The Morgan fingerprint density at radius 2 is 2.22 bits per heavy atom. The Labute approximate surface area is 161 Å². The Kier molecular flexibility index (Phi) is 5.90. The quantitative estimate of drug-likeness (QED) is 0.771. The highest BCUT2D eigenvalue weighted by Gasteiger charge is 2.24. The summed E-state index contributed by atoms with van der Waals surface area (Å²) in [5.41, 5.74) is 1.33. The van der Waals surface area contributed by atoms with Crippen molar-refractivity contribution in [2.24, 2.45) is 0 Å². The fourth-order valence-electron chi connectivity index (χ4n) is 3.48. The Bertz CT molecular complexity index is 811. The molecule has 1 saturated heterocycles. The molecule has 0 bridgehead atoms. The highest BCUT2D eigenvalue weighted by Crippen LogP contribution is 2.30. The van der Waals surface area contributed by atoms with Crippen molar-refractivity contribution in [2.75, 3.05) is 13.2 Å². The second-order valence-electron chi connectivity index (χ2n) is 8.12. The monoisotopic (exact) mass is 370 g/mol. The van der Waals surface area contributed by atoms with Gasteiger partial charge in [-0.3, -0.25) is 4.79 Å². The van der Waals surface area contributed by atoms with E-state index in [2.05, 4.69) is 16.5 Å². The van der Waals surface area contributed by atoms with Gasteiger partial charge in [-0.1, -0.05) is 18.7 Å². The first-order chi connectivity index (χ1) is 12.9. The van der Waals surface area contributed by atoms with E-state index in [1.807, 2.05) is 45.0 Å². The first kappa shape index (κ1) is 19.5. The van der Waals surface area contributed by atoms with Crippen molar-refractivity contribution in [1.29, 1.82) is 0 Å². The molecule has 1 N–H and O–H groups in total. The Balaban J connectivity index is 2.02. The molecule has 1 aliphatic heterocycles. The number of nitrogens with one attached hydrogen (secondary N) is 1. The van der Waals surface area contributed by atoms with Crippen LogP contribution in [-0.2, 0) is 11.3 Å². The Morgan fingerprint density at radius 3 is 2.89 bits per heavy atom. The largest absolute Gasteiger partial charge is 0.489 e. The SMILES string of the molecule is C=CCOc1cccc2c1cc(C(=O)NC(C)(C)C)n2CC1CCCCO1. The summed E-state index contributed by atoms with van der Waals surface area (Å²) in [6.07, 6.45) is 5.15. The van der Waals surface area contributed by atoms with Crippen LogP contribution in [0.1, 0.15) is 50.5 Å². The lowest BCUT2D eigenvalue weighted by molar-refractivity contribution is 0.00635. The van der Waals surface area contributed by atoms with Gasteiger partial charge in [-0.15, -0.1) is 0 Å². The van der Waals surface area contributed by atoms with Gasteiger partial charge >= 0.3 is 0 Å². The van der Waals surface area contributed by atoms with E-state index in [4.69, 9.17) is 9.47 Å². The zero-order chi connectivity index (χ0) is 19.4. The second-order valence-corrected chi connectivity index (χ2v) is 8.12. The molecule has 27 heavy (non-hydrogen) atoms. The van der Waals surface area contributed by atoms with E-state index in [1.165, 1.54) is 6.42 Å². The molecule has 1 aromatic carbocycles. The molecule has 2 heterocycles. The van der Waals surface area contributed by atoms with E-state index in [0.29, 0.717) is 18.8 Å². The molecule has 2 aromatic rings. The Morgan fingerprint density at radius 1 is 1.41 bits per heavy atom. The maximum absolute atomic E-state index is 13.0. The minimum absolute atomic E-state index is 0.0795. The van der Waals surface area contributed by atoms with Crippen LogP contribution in [0.15, 0.2) is 36.9 Å². The van der Waals surface area contributed by atoms with E-state index in [0.717, 1.165) is 36.1 Å². The van der Waals surface area contributed by atoms with Crippen LogP contribution in [0.5, 0.6) is 5.75 Å². The lowest BCUT2D eigenvalue weighted by atomic mass is 10.1. The molecule has 0 radical (unpaired) electrons. The summed E-state index contributed by atoms with van der Waals surface area (Å²) in [5, 5.41) is 4.02. The first-order valence-electron chi connectivity index (χ1n) is 9.69. The highest BCUT2D eigenvalue weighted by atomic mass is 16.5. The lowest BCUT2D eigenvalue weighted by Gasteiger charge is -2.25. The fourth-order valence-corrected chi connectivity index (χ4v) is 3.48. The van der Waals surface area contributed by atoms with Gasteiger partial charge in [-0.05, 0) is 58.2 Å². The summed E-state index contributed by atoms with van der Waals surface area (Å²) in [7, 11) is 0. The molecule has 0 saturated carbocycles. The second kappa shape index (κ2) is 8.17. The van der Waals surface area contributed by atoms with Crippen LogP contribution in [0.2, 0.25) is 0 Å². The maximum Gasteiger partial charge on any atom is 0.268 e. The average molecular weight is 370 g/mol. The number of hydrogen-bond donors (Lipinski definition) is 1. The van der Waals surface area contributed by atoms with Crippen LogP contribution in [0.4, 0.5) is 0 Å². The number of benzene rings is 1. The number of hydrogen-bond acceptors (Lipinski definition) is 3. The van der Waals surface area contributed by atoms with Gasteiger partial charge in [0.1, 0.15) is 18.1 Å². The summed E-state index contributed by atoms with van der Waals surface area (Å²) >= 11 is 0. The van der Waals surface area contributed by atoms with E-state index < -0.39 is 0 Å². The van der Waals surface area contributed by atoms with Gasteiger partial charge in [0, 0.05) is 24.1 Å². The third-order valence-corrected chi connectivity index (χ3v) is 4.64. The van der Waals surface area contributed by atoms with Gasteiger partial charge in [0.05, 0.1) is 11.6 Å². The zero-order valence-corrected chi connectivity index (χ0v) is 16.6. The predicted octanol–water partition coefficient (Wildman–Crippen LogP) is 4.30. The van der Waals surface area contributed by atoms with Gasteiger partial charge < -0.3 is 19.4 Å². The average Bonchev–Trinajstić information content (AvgIpc) is 2.99. The van der Waals surface area contributed by atoms with Crippen molar-refractivity contribution in [1.82, 2.24) is 9.88 Å². The van der Waals surface area contributed by atoms with Crippen molar-refractivity contribution >= 4 is 16.8 Å². The summed E-state index contributed by atoms with van der Waals surface area (Å²) in [6.45, 7) is 11.6. The summed E-state index contributed by atoms with van der Waals surface area (Å²) in [4.78, 5) is 13.0. The molecule has 0 aliphatic carbocycles. The number of carbonyl (C=O) groups is 1. The van der Waals surface area contributed by atoms with Crippen LogP contribution < -0.4 is 10.1 Å². The third-order valence-electron chi connectivity index (χ3n) is 4.64. The molecule has 1 amide bonds. The molecule has 1 aliphatic rings. The number of amides is 1. The maximum atomic E-state index is 13.0. The van der Waals surface area contributed by atoms with E-state index in [9.17, 15) is 4.79 Å². The molecule has 0 spiro atoms. The summed E-state index contributed by atoms with van der Waals surface area (Å²) in [6, 6.07) is 7.85. The number of aromatic nitrogens is 1. The molecule has 1 fully saturated rings. The molecular weight excluding hydrogens is 340 g/mol. The van der Waals surface area contributed by atoms with Crippen molar-refractivity contribution in [3.63, 3.8) is 0 Å². The number of carbonyl (C=O) groups excluding carboxylic acids is 1. The zero-order valence-electron chi connectivity index (χ0n) is 16.6. The predicted molar refractivity (Wildman–Crippen MR) is 108 cm³/mol. The third kappa shape index (κ3) is 4.72. The van der Waals surface area contributed by atoms with Crippen LogP contribution in [0.25, 0.3) is 10.9 Å². The minimum atomic E-state index is -0.304. The first-order valence-corrected chi connectivity index (χ1v) is 9.69. The van der Waals surface area contributed by atoms with Crippen LogP contribution >= 0.6 is 0 Å². The molecule has 5 nitrogen and oxygen atoms in total. The lowest BCUT2D eigenvalue weighted by Crippen LogP contribution is -2.41. The van der Waals surface area contributed by atoms with Gasteiger partial charge in [0.25, 0.3) is 5.91 Å². The number of fused-ring (bicyclic) bond motifs is 1. The van der Waals surface area contributed by atoms with E-state index >= 15 is 0 Å². The molecule has 3 rings (SSSR count). The van der Waals surface area contributed by atoms with Gasteiger partial charge in [-0.25, -0.2) is 0 Å². The molecule has 146 valence electrons. The Hall–Kier alpha value is -2.27. The number of nitrogens with zero attached hydrogens (tertiary/aromatic N) is 1. The number of ether oxygens (including phenoxy) is 2.